The minimum atomic E-state index is -3.79. The third-order valence-corrected chi connectivity index (χ3v) is 7.27. The standard InChI is InChI=1S/C17H16ClFO4S/c18-12-3-7-14(8-4-12)24(22,23)16-15(17(16,9-20)10-21)11-1-5-13(19)6-2-11/h1-8,15-16,20-21H,9-10H2/t15-,16+/m1/s1. The summed E-state index contributed by atoms with van der Waals surface area (Å²) in [5, 5.41) is 18.9. The highest BCUT2D eigenvalue weighted by molar-refractivity contribution is 7.92. The van der Waals surface area contributed by atoms with Crippen molar-refractivity contribution in [3.05, 3.63) is 64.9 Å². The second-order valence-corrected chi connectivity index (χ2v) is 8.50. The molecule has 1 saturated carbocycles. The van der Waals surface area contributed by atoms with Crippen LogP contribution < -0.4 is 0 Å². The van der Waals surface area contributed by atoms with Crippen LogP contribution in [0.4, 0.5) is 4.39 Å². The van der Waals surface area contributed by atoms with E-state index in [-0.39, 0.29) is 4.90 Å². The van der Waals surface area contributed by atoms with Gasteiger partial charge in [0.25, 0.3) is 0 Å². The topological polar surface area (TPSA) is 74.6 Å². The molecular formula is C17H16ClFO4S. The molecule has 0 radical (unpaired) electrons. The molecule has 2 aromatic rings. The van der Waals surface area contributed by atoms with E-state index < -0.39 is 45.5 Å². The maximum Gasteiger partial charge on any atom is 0.182 e. The Balaban J connectivity index is 2.04. The molecule has 0 amide bonds. The predicted octanol–water partition coefficient (Wildman–Crippen LogP) is 2.39. The van der Waals surface area contributed by atoms with Crippen molar-refractivity contribution in [2.75, 3.05) is 13.2 Å². The van der Waals surface area contributed by atoms with E-state index in [2.05, 4.69) is 0 Å². The zero-order valence-corrected chi connectivity index (χ0v) is 14.1. The Morgan fingerprint density at radius 3 is 2.04 bits per heavy atom. The maximum atomic E-state index is 13.1. The van der Waals surface area contributed by atoms with Gasteiger partial charge < -0.3 is 10.2 Å². The SMILES string of the molecule is O=S(=O)(c1ccc(Cl)cc1)[C@H]1[C@@H](c2ccc(F)cc2)C1(CO)CO. The molecule has 1 fully saturated rings. The van der Waals surface area contributed by atoms with Gasteiger partial charge >= 0.3 is 0 Å². The van der Waals surface area contributed by atoms with Gasteiger partial charge in [0.05, 0.1) is 23.4 Å². The molecule has 0 heterocycles. The quantitative estimate of drug-likeness (QED) is 0.847. The van der Waals surface area contributed by atoms with E-state index in [0.717, 1.165) is 0 Å². The van der Waals surface area contributed by atoms with Gasteiger partial charge in [0.15, 0.2) is 9.84 Å². The average Bonchev–Trinajstić information content (AvgIpc) is 3.26. The minimum Gasteiger partial charge on any atom is -0.396 e. The summed E-state index contributed by atoms with van der Waals surface area (Å²) in [4.78, 5) is 0.0767. The van der Waals surface area contributed by atoms with Gasteiger partial charge in [-0.3, -0.25) is 0 Å². The molecule has 3 rings (SSSR count). The lowest BCUT2D eigenvalue weighted by atomic mass is 10.0. The molecule has 7 heteroatoms. The summed E-state index contributed by atoms with van der Waals surface area (Å²) in [5.74, 6) is -1.04. The highest BCUT2D eigenvalue weighted by Crippen LogP contribution is 2.63. The van der Waals surface area contributed by atoms with Crippen LogP contribution in [0.15, 0.2) is 53.4 Å². The summed E-state index contributed by atoms with van der Waals surface area (Å²) in [6, 6.07) is 11.2. The summed E-state index contributed by atoms with van der Waals surface area (Å²) < 4.78 is 39.0. The smallest absolute Gasteiger partial charge is 0.182 e. The van der Waals surface area contributed by atoms with E-state index in [9.17, 15) is 23.0 Å². The van der Waals surface area contributed by atoms with Crippen LogP contribution in [-0.4, -0.2) is 37.1 Å². The fraction of sp³-hybridized carbons (Fsp3) is 0.294. The first-order valence-electron chi connectivity index (χ1n) is 7.33. The van der Waals surface area contributed by atoms with Gasteiger partial charge in [-0.1, -0.05) is 23.7 Å². The summed E-state index contributed by atoms with van der Waals surface area (Å²) in [6.07, 6.45) is 0. The Bertz CT molecular complexity index is 830. The van der Waals surface area contributed by atoms with E-state index in [1.807, 2.05) is 0 Å². The van der Waals surface area contributed by atoms with Crippen molar-refractivity contribution >= 4 is 21.4 Å². The van der Waals surface area contributed by atoms with Gasteiger partial charge in [-0.15, -0.1) is 0 Å². The molecule has 0 unspecified atom stereocenters. The Labute approximate surface area is 144 Å². The molecule has 2 atom stereocenters. The first-order chi connectivity index (χ1) is 11.4. The zero-order chi connectivity index (χ0) is 17.5. The Hall–Kier alpha value is -1.47. The van der Waals surface area contributed by atoms with E-state index in [1.54, 1.807) is 0 Å². The van der Waals surface area contributed by atoms with Gasteiger partial charge in [0.1, 0.15) is 5.82 Å². The molecule has 0 spiro atoms. The number of rotatable bonds is 5. The van der Waals surface area contributed by atoms with Gasteiger partial charge in [-0.2, -0.15) is 0 Å². The molecule has 1 aliphatic carbocycles. The molecule has 24 heavy (non-hydrogen) atoms. The molecule has 2 N–H and O–H groups in total. The van der Waals surface area contributed by atoms with Crippen LogP contribution in [0.3, 0.4) is 0 Å². The molecule has 0 aromatic heterocycles. The first kappa shape index (κ1) is 17.4. The summed E-state index contributed by atoms with van der Waals surface area (Å²) in [7, 11) is -3.79. The monoisotopic (exact) mass is 370 g/mol. The lowest BCUT2D eigenvalue weighted by Gasteiger charge is -2.11. The molecule has 2 aromatic carbocycles. The van der Waals surface area contributed by atoms with Gasteiger partial charge in [-0.05, 0) is 42.0 Å². The fourth-order valence-corrected chi connectivity index (χ4v) is 5.87. The van der Waals surface area contributed by atoms with Crippen LogP contribution in [0.2, 0.25) is 5.02 Å². The molecule has 0 aliphatic heterocycles. The zero-order valence-electron chi connectivity index (χ0n) is 12.6. The first-order valence-corrected chi connectivity index (χ1v) is 9.26. The number of aliphatic hydroxyl groups is 2. The summed E-state index contributed by atoms with van der Waals surface area (Å²) in [6.45, 7) is -0.966. The number of sulfone groups is 1. The van der Waals surface area contributed by atoms with Crippen molar-refractivity contribution in [2.45, 2.75) is 16.1 Å². The van der Waals surface area contributed by atoms with E-state index in [4.69, 9.17) is 11.6 Å². The Kier molecular flexibility index (Phi) is 4.42. The van der Waals surface area contributed by atoms with Gasteiger partial charge in [-0.25, -0.2) is 12.8 Å². The van der Waals surface area contributed by atoms with E-state index in [1.165, 1.54) is 48.5 Å². The van der Waals surface area contributed by atoms with Crippen LogP contribution in [0.5, 0.6) is 0 Å². The normalized spacial score (nSPS) is 22.3. The van der Waals surface area contributed by atoms with Crippen LogP contribution in [-0.2, 0) is 9.84 Å². The van der Waals surface area contributed by atoms with Gasteiger partial charge in [0.2, 0.25) is 0 Å². The summed E-state index contributed by atoms with van der Waals surface area (Å²) >= 11 is 5.80. The van der Waals surface area contributed by atoms with Gasteiger partial charge in [0, 0.05) is 16.4 Å². The lowest BCUT2D eigenvalue weighted by Crippen LogP contribution is -2.23. The average molecular weight is 371 g/mol. The van der Waals surface area contributed by atoms with Crippen LogP contribution in [0.25, 0.3) is 0 Å². The van der Waals surface area contributed by atoms with Crippen LogP contribution in [0.1, 0.15) is 11.5 Å². The number of halogens is 2. The molecule has 0 bridgehead atoms. The highest BCUT2D eigenvalue weighted by atomic mass is 35.5. The van der Waals surface area contributed by atoms with Crippen LogP contribution in [0, 0.1) is 11.2 Å². The van der Waals surface area contributed by atoms with E-state index in [0.29, 0.717) is 10.6 Å². The Morgan fingerprint density at radius 2 is 1.54 bits per heavy atom. The second-order valence-electron chi connectivity index (χ2n) is 6.00. The van der Waals surface area contributed by atoms with Crippen molar-refractivity contribution in [3.8, 4) is 0 Å². The van der Waals surface area contributed by atoms with Crippen molar-refractivity contribution in [3.63, 3.8) is 0 Å². The van der Waals surface area contributed by atoms with Crippen molar-refractivity contribution in [1.29, 1.82) is 0 Å². The third-order valence-electron chi connectivity index (χ3n) is 4.67. The largest absolute Gasteiger partial charge is 0.396 e. The van der Waals surface area contributed by atoms with Crippen molar-refractivity contribution in [1.82, 2.24) is 0 Å². The van der Waals surface area contributed by atoms with Crippen molar-refractivity contribution in [2.24, 2.45) is 5.41 Å². The fourth-order valence-electron chi connectivity index (χ4n) is 3.32. The Morgan fingerprint density at radius 1 is 1.00 bits per heavy atom. The maximum absolute atomic E-state index is 13.1. The molecule has 4 nitrogen and oxygen atoms in total. The second kappa shape index (κ2) is 6.11. The lowest BCUT2D eigenvalue weighted by molar-refractivity contribution is 0.130. The van der Waals surface area contributed by atoms with Crippen molar-refractivity contribution < 1.29 is 23.0 Å². The number of hydrogen-bond donors (Lipinski definition) is 2. The molecule has 128 valence electrons. The van der Waals surface area contributed by atoms with E-state index >= 15 is 0 Å². The number of hydrogen-bond acceptors (Lipinski definition) is 4. The highest BCUT2D eigenvalue weighted by Gasteiger charge is 2.70. The number of benzene rings is 2. The minimum absolute atomic E-state index is 0.0767. The van der Waals surface area contributed by atoms with Crippen LogP contribution >= 0.6 is 11.6 Å². The third kappa shape index (κ3) is 2.63. The molecular weight excluding hydrogens is 355 g/mol. The molecule has 1 aliphatic rings. The molecule has 0 saturated heterocycles. The summed E-state index contributed by atoms with van der Waals surface area (Å²) in [5.41, 5.74) is -0.613. The predicted molar refractivity (Wildman–Crippen MR) is 88.2 cm³/mol. The number of aliphatic hydroxyl groups excluding tert-OH is 2.